The van der Waals surface area contributed by atoms with Crippen molar-refractivity contribution in [2.75, 3.05) is 19.0 Å². The Morgan fingerprint density at radius 3 is 2.92 bits per heavy atom. The van der Waals surface area contributed by atoms with Crippen molar-refractivity contribution in [3.05, 3.63) is 24.3 Å². The molecule has 0 saturated carbocycles. The lowest BCUT2D eigenvalue weighted by Gasteiger charge is -2.06. The van der Waals surface area contributed by atoms with Gasteiger partial charge in [0.2, 0.25) is 0 Å². The Morgan fingerprint density at radius 2 is 2.23 bits per heavy atom. The Bertz CT molecular complexity index is 248. The van der Waals surface area contributed by atoms with Gasteiger partial charge >= 0.3 is 0 Å². The van der Waals surface area contributed by atoms with Crippen LogP contribution in [0.25, 0.3) is 0 Å². The third-order valence-electron chi connectivity index (χ3n) is 1.93. The first-order chi connectivity index (χ1) is 6.36. The van der Waals surface area contributed by atoms with Crippen LogP contribution in [0.3, 0.4) is 0 Å². The molecule has 0 amide bonds. The van der Waals surface area contributed by atoms with Gasteiger partial charge < -0.3 is 10.1 Å². The first-order valence-corrected chi connectivity index (χ1v) is 4.74. The number of ether oxygens (including phenoxy) is 1. The molecule has 0 heterocycles. The van der Waals surface area contributed by atoms with Crippen molar-refractivity contribution in [2.45, 2.75) is 19.8 Å². The molecule has 0 spiro atoms. The highest BCUT2D eigenvalue weighted by molar-refractivity contribution is 5.47. The van der Waals surface area contributed by atoms with E-state index in [9.17, 15) is 0 Å². The van der Waals surface area contributed by atoms with Crippen molar-refractivity contribution < 1.29 is 4.74 Å². The molecule has 1 aromatic carbocycles. The van der Waals surface area contributed by atoms with Gasteiger partial charge in [-0.15, -0.1) is 0 Å². The molecule has 0 aliphatic heterocycles. The van der Waals surface area contributed by atoms with Crippen LogP contribution in [0, 0.1) is 0 Å². The molecule has 0 aliphatic rings. The Hall–Kier alpha value is -1.18. The van der Waals surface area contributed by atoms with E-state index in [0.29, 0.717) is 0 Å². The molecule has 1 aromatic rings. The molecule has 13 heavy (non-hydrogen) atoms. The predicted octanol–water partition coefficient (Wildman–Crippen LogP) is 2.91. The summed E-state index contributed by atoms with van der Waals surface area (Å²) < 4.78 is 5.12. The molecule has 1 rings (SSSR count). The maximum atomic E-state index is 5.12. The monoisotopic (exact) mass is 179 g/mol. The smallest absolute Gasteiger partial charge is 0.120 e. The topological polar surface area (TPSA) is 21.3 Å². The zero-order chi connectivity index (χ0) is 9.52. The third kappa shape index (κ3) is 3.36. The van der Waals surface area contributed by atoms with Gasteiger partial charge in [-0.05, 0) is 18.6 Å². The van der Waals surface area contributed by atoms with E-state index in [-0.39, 0.29) is 0 Å². The minimum absolute atomic E-state index is 0.904. The number of rotatable bonds is 5. The highest BCUT2D eigenvalue weighted by atomic mass is 16.5. The van der Waals surface area contributed by atoms with Crippen LogP contribution in [-0.4, -0.2) is 13.7 Å². The molecule has 1 N–H and O–H groups in total. The maximum absolute atomic E-state index is 5.12. The number of unbranched alkanes of at least 4 members (excludes halogenated alkanes) is 1. The number of anilines is 1. The highest BCUT2D eigenvalue weighted by Crippen LogP contribution is 2.16. The molecule has 72 valence electrons. The second-order valence-corrected chi connectivity index (χ2v) is 3.01. The van der Waals surface area contributed by atoms with E-state index in [2.05, 4.69) is 18.3 Å². The average Bonchev–Trinajstić information content (AvgIpc) is 2.19. The van der Waals surface area contributed by atoms with Crippen molar-refractivity contribution in [3.63, 3.8) is 0 Å². The lowest BCUT2D eigenvalue weighted by molar-refractivity contribution is 0.415. The first-order valence-electron chi connectivity index (χ1n) is 4.74. The minimum Gasteiger partial charge on any atom is -0.497 e. The zero-order valence-electron chi connectivity index (χ0n) is 8.34. The van der Waals surface area contributed by atoms with Crippen LogP contribution >= 0.6 is 0 Å². The number of nitrogens with one attached hydrogen (secondary N) is 1. The molecule has 0 atom stereocenters. The normalized spacial score (nSPS) is 9.69. The van der Waals surface area contributed by atoms with Crippen LogP contribution < -0.4 is 10.1 Å². The summed E-state index contributed by atoms with van der Waals surface area (Å²) in [6.45, 7) is 3.22. The van der Waals surface area contributed by atoms with Crippen LogP contribution in [0.5, 0.6) is 5.75 Å². The predicted molar refractivity (Wildman–Crippen MR) is 56.4 cm³/mol. The fourth-order valence-corrected chi connectivity index (χ4v) is 1.14. The molecule has 0 aliphatic carbocycles. The lowest BCUT2D eigenvalue weighted by atomic mass is 10.3. The number of hydrogen-bond donors (Lipinski definition) is 1. The maximum Gasteiger partial charge on any atom is 0.120 e. The molecule has 0 saturated heterocycles. The minimum atomic E-state index is 0.904. The van der Waals surface area contributed by atoms with E-state index < -0.39 is 0 Å². The van der Waals surface area contributed by atoms with Gasteiger partial charge in [-0.25, -0.2) is 0 Å². The SMILES string of the molecule is CCCCNc1cccc(OC)c1. The highest BCUT2D eigenvalue weighted by Gasteiger charge is 1.93. The van der Waals surface area contributed by atoms with Gasteiger partial charge in [-0.2, -0.15) is 0 Å². The molecular formula is C11H17NO. The third-order valence-corrected chi connectivity index (χ3v) is 1.93. The summed E-state index contributed by atoms with van der Waals surface area (Å²) in [5, 5.41) is 3.34. The van der Waals surface area contributed by atoms with E-state index in [1.54, 1.807) is 7.11 Å². The number of methoxy groups -OCH3 is 1. The molecule has 0 radical (unpaired) electrons. The lowest BCUT2D eigenvalue weighted by Crippen LogP contribution is -2.00. The number of hydrogen-bond acceptors (Lipinski definition) is 2. The molecule has 2 nitrogen and oxygen atoms in total. The van der Waals surface area contributed by atoms with Crippen molar-refractivity contribution in [1.82, 2.24) is 0 Å². The van der Waals surface area contributed by atoms with E-state index in [4.69, 9.17) is 4.74 Å². The fourth-order valence-electron chi connectivity index (χ4n) is 1.14. The van der Waals surface area contributed by atoms with E-state index >= 15 is 0 Å². The average molecular weight is 179 g/mol. The van der Waals surface area contributed by atoms with Crippen molar-refractivity contribution in [1.29, 1.82) is 0 Å². The largest absolute Gasteiger partial charge is 0.497 e. The summed E-state index contributed by atoms with van der Waals surface area (Å²) in [5.41, 5.74) is 1.13. The Balaban J connectivity index is 2.46. The van der Waals surface area contributed by atoms with Gasteiger partial charge in [0.25, 0.3) is 0 Å². The van der Waals surface area contributed by atoms with Crippen molar-refractivity contribution >= 4 is 5.69 Å². The molecule has 0 fully saturated rings. The van der Waals surface area contributed by atoms with Crippen LogP contribution in [0.15, 0.2) is 24.3 Å². The summed E-state index contributed by atoms with van der Waals surface area (Å²) in [5.74, 6) is 0.904. The van der Waals surface area contributed by atoms with Gasteiger partial charge in [-0.3, -0.25) is 0 Å². The first kappa shape index (κ1) is 9.90. The zero-order valence-corrected chi connectivity index (χ0v) is 8.34. The molecule has 0 aromatic heterocycles. The van der Waals surface area contributed by atoms with Gasteiger partial charge in [0.05, 0.1) is 7.11 Å². The van der Waals surface area contributed by atoms with E-state index in [1.165, 1.54) is 12.8 Å². The second-order valence-electron chi connectivity index (χ2n) is 3.01. The van der Waals surface area contributed by atoms with Crippen LogP contribution in [-0.2, 0) is 0 Å². The molecule has 0 unspecified atom stereocenters. The standard InChI is InChI=1S/C11H17NO/c1-3-4-8-12-10-6-5-7-11(9-10)13-2/h5-7,9,12H,3-4,8H2,1-2H3. The van der Waals surface area contributed by atoms with Gasteiger partial charge in [0.15, 0.2) is 0 Å². The fraction of sp³-hybridized carbons (Fsp3) is 0.455. The van der Waals surface area contributed by atoms with Gasteiger partial charge in [0, 0.05) is 18.3 Å². The summed E-state index contributed by atoms with van der Waals surface area (Å²) >= 11 is 0. The molecular weight excluding hydrogens is 162 g/mol. The van der Waals surface area contributed by atoms with Gasteiger partial charge in [-0.1, -0.05) is 19.4 Å². The number of benzene rings is 1. The van der Waals surface area contributed by atoms with E-state index in [1.807, 2.05) is 18.2 Å². The Labute approximate surface area is 79.9 Å². The molecule has 0 bridgehead atoms. The van der Waals surface area contributed by atoms with Gasteiger partial charge in [0.1, 0.15) is 5.75 Å². The van der Waals surface area contributed by atoms with Crippen LogP contribution in [0.1, 0.15) is 19.8 Å². The van der Waals surface area contributed by atoms with Crippen LogP contribution in [0.4, 0.5) is 5.69 Å². The summed E-state index contributed by atoms with van der Waals surface area (Å²) in [6, 6.07) is 8.01. The quantitative estimate of drug-likeness (QED) is 0.702. The summed E-state index contributed by atoms with van der Waals surface area (Å²) in [6.07, 6.45) is 2.42. The van der Waals surface area contributed by atoms with Crippen molar-refractivity contribution in [3.8, 4) is 5.75 Å². The Kier molecular flexibility index (Phi) is 4.16. The van der Waals surface area contributed by atoms with Crippen molar-refractivity contribution in [2.24, 2.45) is 0 Å². The van der Waals surface area contributed by atoms with Crippen LogP contribution in [0.2, 0.25) is 0 Å². The second kappa shape index (κ2) is 5.46. The Morgan fingerprint density at radius 1 is 1.38 bits per heavy atom. The summed E-state index contributed by atoms with van der Waals surface area (Å²) in [7, 11) is 1.69. The summed E-state index contributed by atoms with van der Waals surface area (Å²) in [4.78, 5) is 0. The van der Waals surface area contributed by atoms with E-state index in [0.717, 1.165) is 18.0 Å². The molecule has 2 heteroatoms.